The Morgan fingerprint density at radius 1 is 0.862 bits per heavy atom. The molecule has 1 saturated heterocycles. The van der Waals surface area contributed by atoms with Crippen LogP contribution in [-0.4, -0.2) is 60.6 Å². The van der Waals surface area contributed by atoms with Gasteiger partial charge in [-0.15, -0.1) is 0 Å². The number of amides is 1. The number of benzene rings is 2. The second-order valence-electron chi connectivity index (χ2n) is 8.02. The molecule has 0 saturated carbocycles. The van der Waals surface area contributed by atoms with Crippen LogP contribution in [0.2, 0.25) is 0 Å². The Balaban J connectivity index is 1.40. The van der Waals surface area contributed by atoms with Crippen LogP contribution in [0.4, 0.5) is 0 Å². The normalized spacial score (nSPS) is 22.8. The van der Waals surface area contributed by atoms with E-state index in [4.69, 9.17) is 4.74 Å². The minimum absolute atomic E-state index is 0.142. The van der Waals surface area contributed by atoms with E-state index in [2.05, 4.69) is 65.6 Å². The Hall–Kier alpha value is -2.43. The molecular weight excluding hydrogens is 360 g/mol. The zero-order valence-electron chi connectivity index (χ0n) is 17.0. The van der Waals surface area contributed by atoms with Crippen molar-refractivity contribution in [2.45, 2.75) is 24.9 Å². The fourth-order valence-electron chi connectivity index (χ4n) is 4.27. The maximum Gasteiger partial charge on any atom is 0.256 e. The summed E-state index contributed by atoms with van der Waals surface area (Å²) >= 11 is 0. The molecule has 152 valence electrons. The molecule has 2 aromatic rings. The van der Waals surface area contributed by atoms with Crippen molar-refractivity contribution >= 4 is 5.91 Å². The number of morpholine rings is 1. The van der Waals surface area contributed by atoms with E-state index >= 15 is 0 Å². The minimum atomic E-state index is -0.737. The van der Waals surface area contributed by atoms with E-state index < -0.39 is 5.60 Å². The van der Waals surface area contributed by atoms with Gasteiger partial charge in [-0.05, 0) is 24.0 Å². The smallest absolute Gasteiger partial charge is 0.256 e. The highest BCUT2D eigenvalue weighted by Crippen LogP contribution is 2.28. The highest BCUT2D eigenvalue weighted by Gasteiger charge is 2.45. The largest absolute Gasteiger partial charge is 0.362 e. The highest BCUT2D eigenvalue weighted by atomic mass is 16.5. The van der Waals surface area contributed by atoms with Crippen LogP contribution in [0, 0.1) is 0 Å². The van der Waals surface area contributed by atoms with Crippen LogP contribution >= 0.6 is 0 Å². The van der Waals surface area contributed by atoms with Gasteiger partial charge in [-0.25, -0.2) is 0 Å². The molecule has 0 bridgehead atoms. The Kier molecular flexibility index (Phi) is 6.43. The van der Waals surface area contributed by atoms with Crippen molar-refractivity contribution in [1.29, 1.82) is 0 Å². The van der Waals surface area contributed by atoms with Crippen LogP contribution in [0.5, 0.6) is 0 Å². The van der Waals surface area contributed by atoms with E-state index in [0.717, 1.165) is 32.5 Å². The van der Waals surface area contributed by atoms with E-state index in [1.807, 2.05) is 17.0 Å². The number of hydrogen-bond donors (Lipinski definition) is 0. The first-order valence-corrected chi connectivity index (χ1v) is 10.6. The van der Waals surface area contributed by atoms with E-state index in [-0.39, 0.29) is 5.91 Å². The molecule has 2 aliphatic heterocycles. The van der Waals surface area contributed by atoms with Crippen LogP contribution in [0.15, 0.2) is 72.8 Å². The zero-order chi connectivity index (χ0) is 19.9. The lowest BCUT2D eigenvalue weighted by Crippen LogP contribution is -2.60. The van der Waals surface area contributed by atoms with Gasteiger partial charge in [0.15, 0.2) is 5.60 Å². The first-order chi connectivity index (χ1) is 14.3. The van der Waals surface area contributed by atoms with Crippen LogP contribution in [0.1, 0.15) is 17.5 Å². The van der Waals surface area contributed by atoms with Crippen molar-refractivity contribution in [3.05, 3.63) is 83.9 Å². The van der Waals surface area contributed by atoms with Crippen molar-refractivity contribution in [3.8, 4) is 0 Å². The van der Waals surface area contributed by atoms with Gasteiger partial charge in [0.25, 0.3) is 5.91 Å². The fraction of sp³-hybridized carbons (Fsp3) is 0.400. The Morgan fingerprint density at radius 2 is 1.52 bits per heavy atom. The zero-order valence-corrected chi connectivity index (χ0v) is 17.0. The van der Waals surface area contributed by atoms with Crippen LogP contribution in [0.3, 0.4) is 0 Å². The molecule has 1 amide bonds. The molecule has 29 heavy (non-hydrogen) atoms. The highest BCUT2D eigenvalue weighted by molar-refractivity contribution is 5.86. The predicted molar refractivity (Wildman–Crippen MR) is 116 cm³/mol. The molecule has 0 unspecified atom stereocenters. The minimum Gasteiger partial charge on any atom is -0.362 e. The van der Waals surface area contributed by atoms with E-state index in [9.17, 15) is 4.79 Å². The Bertz CT molecular complexity index is 821. The summed E-state index contributed by atoms with van der Waals surface area (Å²) in [6.45, 7) is 4.51. The van der Waals surface area contributed by atoms with Crippen molar-refractivity contribution < 1.29 is 9.53 Å². The summed E-state index contributed by atoms with van der Waals surface area (Å²) < 4.78 is 6.18. The first kappa shape index (κ1) is 19.9. The summed E-state index contributed by atoms with van der Waals surface area (Å²) in [7, 11) is 0. The summed E-state index contributed by atoms with van der Waals surface area (Å²) in [6, 6.07) is 20.9. The topological polar surface area (TPSA) is 32.8 Å². The van der Waals surface area contributed by atoms with Crippen molar-refractivity contribution in [3.63, 3.8) is 0 Å². The molecule has 2 aliphatic rings. The molecule has 0 aromatic heterocycles. The summed E-state index contributed by atoms with van der Waals surface area (Å²) in [5.74, 6) is 0.142. The van der Waals surface area contributed by atoms with Gasteiger partial charge in [0.1, 0.15) is 0 Å². The SMILES string of the molecule is O=C1N(CCc2ccccc2)CC=CC[C@]12CN(CCc1ccccc1)CCO2. The van der Waals surface area contributed by atoms with Gasteiger partial charge in [-0.1, -0.05) is 72.8 Å². The second kappa shape index (κ2) is 9.38. The molecule has 0 aliphatic carbocycles. The van der Waals surface area contributed by atoms with E-state index in [0.29, 0.717) is 26.1 Å². The van der Waals surface area contributed by atoms with Gasteiger partial charge in [0.2, 0.25) is 0 Å². The third kappa shape index (κ3) is 4.95. The fourth-order valence-corrected chi connectivity index (χ4v) is 4.27. The molecule has 2 heterocycles. The molecule has 4 heteroatoms. The van der Waals surface area contributed by atoms with Crippen LogP contribution in [-0.2, 0) is 22.4 Å². The number of hydrogen-bond acceptors (Lipinski definition) is 3. The summed E-state index contributed by atoms with van der Waals surface area (Å²) in [6.07, 6.45) is 6.77. The Morgan fingerprint density at radius 3 is 2.21 bits per heavy atom. The van der Waals surface area contributed by atoms with Gasteiger partial charge in [-0.2, -0.15) is 0 Å². The molecule has 0 N–H and O–H groups in total. The number of ether oxygens (including phenoxy) is 1. The van der Waals surface area contributed by atoms with E-state index in [1.54, 1.807) is 0 Å². The Labute approximate surface area is 173 Å². The quantitative estimate of drug-likeness (QED) is 0.710. The molecular formula is C25H30N2O2. The number of carbonyl (C=O) groups excluding carboxylic acids is 1. The molecule has 0 radical (unpaired) electrons. The number of carbonyl (C=O) groups is 1. The van der Waals surface area contributed by atoms with Crippen LogP contribution < -0.4 is 0 Å². The molecule has 4 nitrogen and oxygen atoms in total. The average Bonchev–Trinajstić information content (AvgIpc) is 2.92. The first-order valence-electron chi connectivity index (χ1n) is 10.6. The third-order valence-electron chi connectivity index (χ3n) is 5.95. The van der Waals surface area contributed by atoms with Gasteiger partial charge >= 0.3 is 0 Å². The molecule has 1 atom stereocenters. The van der Waals surface area contributed by atoms with Gasteiger partial charge in [0.05, 0.1) is 6.61 Å². The average molecular weight is 391 g/mol. The monoisotopic (exact) mass is 390 g/mol. The maximum atomic E-state index is 13.5. The van der Waals surface area contributed by atoms with Crippen molar-refractivity contribution in [1.82, 2.24) is 9.80 Å². The lowest BCUT2D eigenvalue weighted by atomic mass is 9.95. The molecule has 1 spiro atoms. The van der Waals surface area contributed by atoms with E-state index in [1.165, 1.54) is 11.1 Å². The van der Waals surface area contributed by atoms with Crippen molar-refractivity contribution in [2.75, 3.05) is 39.3 Å². The van der Waals surface area contributed by atoms with Gasteiger partial charge < -0.3 is 9.64 Å². The summed E-state index contributed by atoms with van der Waals surface area (Å²) in [5, 5.41) is 0. The molecule has 1 fully saturated rings. The lowest BCUT2D eigenvalue weighted by Gasteiger charge is -2.42. The molecule has 2 aromatic carbocycles. The summed E-state index contributed by atoms with van der Waals surface area (Å²) in [4.78, 5) is 17.9. The number of rotatable bonds is 6. The lowest BCUT2D eigenvalue weighted by molar-refractivity contribution is -0.169. The number of nitrogens with zero attached hydrogens (tertiary/aromatic N) is 2. The maximum absolute atomic E-state index is 13.5. The predicted octanol–water partition coefficient (Wildman–Crippen LogP) is 3.33. The second-order valence-corrected chi connectivity index (χ2v) is 8.02. The molecule has 4 rings (SSSR count). The summed E-state index contributed by atoms with van der Waals surface area (Å²) in [5.41, 5.74) is 1.86. The third-order valence-corrected chi connectivity index (χ3v) is 5.95. The van der Waals surface area contributed by atoms with Crippen LogP contribution in [0.25, 0.3) is 0 Å². The van der Waals surface area contributed by atoms with Gasteiger partial charge in [0, 0.05) is 39.1 Å². The van der Waals surface area contributed by atoms with Gasteiger partial charge in [-0.3, -0.25) is 9.69 Å². The standard InChI is InChI=1S/C25H30N2O2/c28-24-25(15-7-8-16-27(24)18-14-23-11-5-2-6-12-23)21-26(19-20-29-25)17-13-22-9-3-1-4-10-22/h1-12H,13-21H2/t25-/m0/s1. The van der Waals surface area contributed by atoms with Crippen molar-refractivity contribution in [2.24, 2.45) is 0 Å².